The van der Waals surface area contributed by atoms with Crippen molar-refractivity contribution in [1.29, 1.82) is 0 Å². The van der Waals surface area contributed by atoms with Crippen molar-refractivity contribution in [3.63, 3.8) is 0 Å². The summed E-state index contributed by atoms with van der Waals surface area (Å²) in [7, 11) is 0. The van der Waals surface area contributed by atoms with Gasteiger partial charge < -0.3 is 20.6 Å². The Labute approximate surface area is 180 Å². The van der Waals surface area contributed by atoms with Crippen LogP contribution >= 0.6 is 23.1 Å². The number of thioether (sulfide) groups is 1. The standard InChI is InChI=1S/C20H20N6O2S2/c1-10-4-5-13(8-11(10)2)22-19-25-26-20(30-19)29-12(3)17(27)21-14-6-7-15-16(9-14)24-18(28)23-15/h4-9,12H,1-3H3,(H,21,27)(H,22,25)(H2,23,24,28). The van der Waals surface area contributed by atoms with Crippen molar-refractivity contribution in [2.24, 2.45) is 0 Å². The minimum absolute atomic E-state index is 0.156. The maximum atomic E-state index is 12.6. The van der Waals surface area contributed by atoms with Gasteiger partial charge in [-0.3, -0.25) is 4.79 Å². The van der Waals surface area contributed by atoms with Gasteiger partial charge in [0.25, 0.3) is 0 Å². The average molecular weight is 441 g/mol. The van der Waals surface area contributed by atoms with E-state index < -0.39 is 0 Å². The summed E-state index contributed by atoms with van der Waals surface area (Å²) in [4.78, 5) is 29.3. The monoisotopic (exact) mass is 440 g/mol. The number of rotatable bonds is 6. The molecule has 0 aliphatic heterocycles. The van der Waals surface area contributed by atoms with Crippen LogP contribution in [-0.2, 0) is 4.79 Å². The lowest BCUT2D eigenvalue weighted by molar-refractivity contribution is -0.115. The maximum Gasteiger partial charge on any atom is 0.323 e. The number of imidazole rings is 1. The topological polar surface area (TPSA) is 116 Å². The Kier molecular flexibility index (Phi) is 5.60. The van der Waals surface area contributed by atoms with Crippen LogP contribution in [0.2, 0.25) is 0 Å². The number of carbonyl (C=O) groups excluding carboxylic acids is 1. The zero-order valence-electron chi connectivity index (χ0n) is 16.6. The predicted molar refractivity (Wildman–Crippen MR) is 122 cm³/mol. The molecule has 1 atom stereocenters. The molecule has 1 amide bonds. The van der Waals surface area contributed by atoms with Gasteiger partial charge in [-0.05, 0) is 62.2 Å². The quantitative estimate of drug-likeness (QED) is 0.334. The molecule has 0 aliphatic carbocycles. The molecule has 8 nitrogen and oxygen atoms in total. The summed E-state index contributed by atoms with van der Waals surface area (Å²) in [6.45, 7) is 5.95. The summed E-state index contributed by atoms with van der Waals surface area (Å²) in [6.07, 6.45) is 0. The molecule has 2 aromatic carbocycles. The number of nitrogens with zero attached hydrogens (tertiary/aromatic N) is 2. The first-order valence-electron chi connectivity index (χ1n) is 9.25. The molecule has 1 unspecified atom stereocenters. The number of carbonyl (C=O) groups is 1. The van der Waals surface area contributed by atoms with Gasteiger partial charge in [0.05, 0.1) is 16.3 Å². The van der Waals surface area contributed by atoms with Crippen LogP contribution < -0.4 is 16.3 Å². The Balaban J connectivity index is 1.38. The third kappa shape index (κ3) is 4.55. The highest BCUT2D eigenvalue weighted by Gasteiger charge is 2.18. The SMILES string of the molecule is Cc1ccc(Nc2nnc(SC(C)C(=O)Nc3ccc4[nH]c(=O)[nH]c4c3)s2)cc1C. The van der Waals surface area contributed by atoms with E-state index in [-0.39, 0.29) is 16.8 Å². The first-order chi connectivity index (χ1) is 14.4. The minimum atomic E-state index is -0.367. The molecular formula is C20H20N6O2S2. The van der Waals surface area contributed by atoms with Crippen molar-refractivity contribution in [2.75, 3.05) is 10.6 Å². The Morgan fingerprint density at radius 3 is 2.60 bits per heavy atom. The van der Waals surface area contributed by atoms with Gasteiger partial charge in [0.15, 0.2) is 4.34 Å². The van der Waals surface area contributed by atoms with Crippen molar-refractivity contribution in [3.05, 3.63) is 58.0 Å². The molecule has 0 spiro atoms. The number of aryl methyl sites for hydroxylation is 2. The molecule has 0 saturated heterocycles. The number of hydrogen-bond acceptors (Lipinski definition) is 7. The number of fused-ring (bicyclic) bond motifs is 1. The predicted octanol–water partition coefficient (Wildman–Crippen LogP) is 4.19. The van der Waals surface area contributed by atoms with Crippen LogP contribution in [0.5, 0.6) is 0 Å². The molecule has 4 rings (SSSR count). The average Bonchev–Trinajstić information content (AvgIpc) is 3.29. The highest BCUT2D eigenvalue weighted by atomic mass is 32.2. The molecule has 4 N–H and O–H groups in total. The van der Waals surface area contributed by atoms with Gasteiger partial charge in [-0.2, -0.15) is 0 Å². The van der Waals surface area contributed by atoms with Gasteiger partial charge >= 0.3 is 5.69 Å². The molecule has 154 valence electrons. The zero-order chi connectivity index (χ0) is 21.3. The number of hydrogen-bond donors (Lipinski definition) is 4. The van der Waals surface area contributed by atoms with Gasteiger partial charge in [-0.1, -0.05) is 29.2 Å². The summed E-state index contributed by atoms with van der Waals surface area (Å²) < 4.78 is 0.703. The van der Waals surface area contributed by atoms with Gasteiger partial charge in [0.2, 0.25) is 11.0 Å². The molecule has 0 saturated carbocycles. The van der Waals surface area contributed by atoms with Crippen molar-refractivity contribution in [1.82, 2.24) is 20.2 Å². The van der Waals surface area contributed by atoms with Crippen LogP contribution in [-0.4, -0.2) is 31.3 Å². The zero-order valence-corrected chi connectivity index (χ0v) is 18.2. The smallest absolute Gasteiger partial charge is 0.323 e. The van der Waals surface area contributed by atoms with E-state index in [1.54, 1.807) is 18.2 Å². The maximum absolute atomic E-state index is 12.6. The first kappa shape index (κ1) is 20.2. The van der Waals surface area contributed by atoms with E-state index in [4.69, 9.17) is 0 Å². The molecule has 0 fully saturated rings. The summed E-state index contributed by atoms with van der Waals surface area (Å²) in [5, 5.41) is 14.8. The number of aromatic amines is 2. The fourth-order valence-electron chi connectivity index (χ4n) is 2.81. The fraction of sp³-hybridized carbons (Fsp3) is 0.200. The van der Waals surface area contributed by atoms with E-state index in [1.165, 1.54) is 34.2 Å². The minimum Gasteiger partial charge on any atom is -0.330 e. The van der Waals surface area contributed by atoms with Crippen molar-refractivity contribution < 1.29 is 4.79 Å². The molecular weight excluding hydrogens is 420 g/mol. The highest BCUT2D eigenvalue weighted by Crippen LogP contribution is 2.31. The number of aromatic nitrogens is 4. The normalized spacial score (nSPS) is 12.1. The summed E-state index contributed by atoms with van der Waals surface area (Å²) in [5.74, 6) is -0.156. The van der Waals surface area contributed by atoms with Crippen molar-refractivity contribution in [2.45, 2.75) is 30.4 Å². The Bertz CT molecular complexity index is 1280. The van der Waals surface area contributed by atoms with E-state index >= 15 is 0 Å². The van der Waals surface area contributed by atoms with Gasteiger partial charge in [-0.15, -0.1) is 10.2 Å². The Morgan fingerprint density at radius 1 is 1.03 bits per heavy atom. The first-order valence-corrected chi connectivity index (χ1v) is 10.9. The second-order valence-corrected chi connectivity index (χ2v) is 9.45. The van der Waals surface area contributed by atoms with Crippen molar-refractivity contribution in [3.8, 4) is 0 Å². The molecule has 4 aromatic rings. The number of H-pyrrole nitrogens is 2. The van der Waals surface area contributed by atoms with Crippen LogP contribution in [0.25, 0.3) is 11.0 Å². The lowest BCUT2D eigenvalue weighted by Crippen LogP contribution is -2.22. The Hall–Kier alpha value is -3.11. The van der Waals surface area contributed by atoms with E-state index in [0.717, 1.165) is 5.69 Å². The molecule has 2 aromatic heterocycles. The van der Waals surface area contributed by atoms with Crippen molar-refractivity contribution >= 4 is 56.5 Å². The lowest BCUT2D eigenvalue weighted by Gasteiger charge is -2.10. The second-order valence-electron chi connectivity index (χ2n) is 6.89. The third-order valence-corrected chi connectivity index (χ3v) is 6.62. The number of nitrogens with one attached hydrogen (secondary N) is 4. The number of benzene rings is 2. The third-order valence-electron chi connectivity index (χ3n) is 4.59. The van der Waals surface area contributed by atoms with Crippen LogP contribution in [0.1, 0.15) is 18.1 Å². The van der Waals surface area contributed by atoms with Crippen LogP contribution in [0.4, 0.5) is 16.5 Å². The molecule has 2 heterocycles. The molecule has 10 heteroatoms. The second kappa shape index (κ2) is 8.33. The summed E-state index contributed by atoms with van der Waals surface area (Å²) in [6, 6.07) is 11.3. The van der Waals surface area contributed by atoms with Crippen LogP contribution in [0.3, 0.4) is 0 Å². The van der Waals surface area contributed by atoms with Gasteiger partial charge in [0.1, 0.15) is 0 Å². The molecule has 0 aliphatic rings. The fourth-order valence-corrected chi connectivity index (χ4v) is 4.73. The van der Waals surface area contributed by atoms with E-state index in [9.17, 15) is 9.59 Å². The van der Waals surface area contributed by atoms with E-state index in [2.05, 4.69) is 56.8 Å². The largest absolute Gasteiger partial charge is 0.330 e. The summed E-state index contributed by atoms with van der Waals surface area (Å²) in [5.41, 5.74) is 5.06. The Morgan fingerprint density at radius 2 is 1.80 bits per heavy atom. The summed E-state index contributed by atoms with van der Waals surface area (Å²) >= 11 is 2.74. The van der Waals surface area contributed by atoms with Crippen LogP contribution in [0.15, 0.2) is 45.5 Å². The van der Waals surface area contributed by atoms with E-state index in [1.807, 2.05) is 13.0 Å². The lowest BCUT2D eigenvalue weighted by atomic mass is 10.1. The van der Waals surface area contributed by atoms with Gasteiger partial charge in [-0.25, -0.2) is 4.79 Å². The number of amides is 1. The molecule has 0 radical (unpaired) electrons. The highest BCUT2D eigenvalue weighted by molar-refractivity contribution is 8.02. The molecule has 30 heavy (non-hydrogen) atoms. The van der Waals surface area contributed by atoms with Gasteiger partial charge in [0, 0.05) is 11.4 Å². The molecule has 0 bridgehead atoms. The van der Waals surface area contributed by atoms with E-state index in [0.29, 0.717) is 26.2 Å². The number of anilines is 3. The van der Waals surface area contributed by atoms with Crippen LogP contribution in [0, 0.1) is 13.8 Å².